The molecule has 0 amide bonds. The molecule has 0 N–H and O–H groups in total. The van der Waals surface area contributed by atoms with E-state index in [2.05, 4.69) is 34.2 Å². The fourth-order valence-corrected chi connectivity index (χ4v) is 1.36. The summed E-state index contributed by atoms with van der Waals surface area (Å²) in [7, 11) is 0. The van der Waals surface area contributed by atoms with E-state index in [4.69, 9.17) is 0 Å². The van der Waals surface area contributed by atoms with Crippen LogP contribution in [-0.2, 0) is 0 Å². The zero-order valence-electron chi connectivity index (χ0n) is 6.98. The molecule has 0 aromatic heterocycles. The monoisotopic (exact) mass is 160 g/mol. The van der Waals surface area contributed by atoms with Crippen LogP contribution in [0.1, 0.15) is 6.42 Å². The first-order valence-electron chi connectivity index (χ1n) is 4.28. The summed E-state index contributed by atoms with van der Waals surface area (Å²) >= 11 is 0. The highest BCUT2D eigenvalue weighted by Gasteiger charge is 2.04. The molecule has 1 aliphatic heterocycles. The van der Waals surface area contributed by atoms with Gasteiger partial charge in [0.25, 0.3) is 0 Å². The molecule has 2 heteroatoms. The summed E-state index contributed by atoms with van der Waals surface area (Å²) in [5.41, 5.74) is 1.24. The van der Waals surface area contributed by atoms with Crippen molar-refractivity contribution in [3.05, 3.63) is 30.3 Å². The van der Waals surface area contributed by atoms with E-state index < -0.39 is 0 Å². The highest BCUT2D eigenvalue weighted by atomic mass is 15.2. The molecular weight excluding hydrogens is 148 g/mol. The first-order chi connectivity index (χ1) is 5.97. The van der Waals surface area contributed by atoms with Crippen molar-refractivity contribution in [2.75, 3.05) is 18.0 Å². The molecule has 2 rings (SSSR count). The molecule has 0 fully saturated rings. The quantitative estimate of drug-likeness (QED) is 0.613. The van der Waals surface area contributed by atoms with E-state index in [0.29, 0.717) is 0 Å². The predicted octanol–water partition coefficient (Wildman–Crippen LogP) is 1.93. The number of aliphatic imine (C=N–C) groups is 1. The summed E-state index contributed by atoms with van der Waals surface area (Å²) in [4.78, 5) is 6.42. The standard InChI is InChI=1S/C10H12N2/c1-2-5-10(6-3-1)12-8-4-7-11-9-12/h1-3,5-6,9H,4,7-8H2. The van der Waals surface area contributed by atoms with E-state index in [1.54, 1.807) is 0 Å². The van der Waals surface area contributed by atoms with Gasteiger partial charge in [-0.05, 0) is 18.6 Å². The molecule has 0 saturated carbocycles. The second kappa shape index (κ2) is 3.39. The Morgan fingerprint density at radius 2 is 2.00 bits per heavy atom. The Labute approximate surface area is 72.5 Å². The minimum atomic E-state index is 0.976. The lowest BCUT2D eigenvalue weighted by Crippen LogP contribution is -2.26. The summed E-state index contributed by atoms with van der Waals surface area (Å²) in [6.45, 7) is 2.07. The van der Waals surface area contributed by atoms with Gasteiger partial charge in [-0.3, -0.25) is 4.99 Å². The fraction of sp³-hybridized carbons (Fsp3) is 0.300. The van der Waals surface area contributed by atoms with Gasteiger partial charge in [-0.25, -0.2) is 0 Å². The lowest BCUT2D eigenvalue weighted by molar-refractivity contribution is 0.802. The van der Waals surface area contributed by atoms with Crippen LogP contribution in [0.15, 0.2) is 35.3 Å². The maximum Gasteiger partial charge on any atom is 0.0894 e. The Morgan fingerprint density at radius 3 is 2.67 bits per heavy atom. The molecule has 0 atom stereocenters. The van der Waals surface area contributed by atoms with Gasteiger partial charge >= 0.3 is 0 Å². The van der Waals surface area contributed by atoms with Crippen molar-refractivity contribution in [1.82, 2.24) is 0 Å². The van der Waals surface area contributed by atoms with Gasteiger partial charge in [0.05, 0.1) is 6.34 Å². The maximum absolute atomic E-state index is 4.24. The number of nitrogens with zero attached hydrogens (tertiary/aromatic N) is 2. The Hall–Kier alpha value is -1.31. The zero-order chi connectivity index (χ0) is 8.23. The topological polar surface area (TPSA) is 15.6 Å². The van der Waals surface area contributed by atoms with Gasteiger partial charge < -0.3 is 4.90 Å². The maximum atomic E-state index is 4.24. The van der Waals surface area contributed by atoms with Gasteiger partial charge in [-0.2, -0.15) is 0 Å². The van der Waals surface area contributed by atoms with E-state index >= 15 is 0 Å². The van der Waals surface area contributed by atoms with Crippen LogP contribution in [0.4, 0.5) is 5.69 Å². The number of hydrogen-bond donors (Lipinski definition) is 0. The molecule has 1 aromatic carbocycles. The first kappa shape index (κ1) is 7.35. The molecular formula is C10H12N2. The molecule has 0 unspecified atom stereocenters. The van der Waals surface area contributed by atoms with Gasteiger partial charge in [0.1, 0.15) is 0 Å². The third-order valence-electron chi connectivity index (χ3n) is 2.00. The second-order valence-electron chi connectivity index (χ2n) is 2.90. The molecule has 1 heterocycles. The zero-order valence-corrected chi connectivity index (χ0v) is 6.98. The van der Waals surface area contributed by atoms with Gasteiger partial charge in [0.2, 0.25) is 0 Å². The highest BCUT2D eigenvalue weighted by Crippen LogP contribution is 2.13. The van der Waals surface area contributed by atoms with Crippen LogP contribution in [0.25, 0.3) is 0 Å². The number of hydrogen-bond acceptors (Lipinski definition) is 2. The van der Waals surface area contributed by atoms with Crippen molar-refractivity contribution >= 4 is 12.0 Å². The van der Waals surface area contributed by atoms with E-state index in [1.807, 2.05) is 12.4 Å². The molecule has 2 nitrogen and oxygen atoms in total. The minimum absolute atomic E-state index is 0.976. The summed E-state index contributed by atoms with van der Waals surface area (Å²) in [5.74, 6) is 0. The largest absolute Gasteiger partial charge is 0.333 e. The van der Waals surface area contributed by atoms with E-state index in [-0.39, 0.29) is 0 Å². The Kier molecular flexibility index (Phi) is 2.08. The van der Waals surface area contributed by atoms with Crippen LogP contribution in [-0.4, -0.2) is 19.4 Å². The lowest BCUT2D eigenvalue weighted by atomic mass is 10.2. The Morgan fingerprint density at radius 1 is 1.17 bits per heavy atom. The Bertz CT molecular complexity index is 266. The van der Waals surface area contributed by atoms with Crippen molar-refractivity contribution in [1.29, 1.82) is 0 Å². The van der Waals surface area contributed by atoms with Crippen LogP contribution >= 0.6 is 0 Å². The van der Waals surface area contributed by atoms with Crippen LogP contribution in [0.5, 0.6) is 0 Å². The average Bonchev–Trinajstić information content (AvgIpc) is 2.21. The first-order valence-corrected chi connectivity index (χ1v) is 4.28. The molecule has 0 bridgehead atoms. The lowest BCUT2D eigenvalue weighted by Gasteiger charge is -2.22. The molecule has 12 heavy (non-hydrogen) atoms. The molecule has 0 radical (unpaired) electrons. The predicted molar refractivity (Wildman–Crippen MR) is 51.8 cm³/mol. The van der Waals surface area contributed by atoms with Gasteiger partial charge in [-0.15, -0.1) is 0 Å². The van der Waals surface area contributed by atoms with Gasteiger partial charge in [0.15, 0.2) is 0 Å². The van der Waals surface area contributed by atoms with E-state index in [0.717, 1.165) is 19.5 Å². The van der Waals surface area contributed by atoms with Crippen LogP contribution in [0.2, 0.25) is 0 Å². The number of rotatable bonds is 1. The number of benzene rings is 1. The Balaban J connectivity index is 2.19. The summed E-state index contributed by atoms with van der Waals surface area (Å²) in [6, 6.07) is 10.4. The molecule has 62 valence electrons. The SMILES string of the molecule is C1=NCCCN1c1ccccc1. The van der Waals surface area contributed by atoms with E-state index in [1.165, 1.54) is 5.69 Å². The summed E-state index contributed by atoms with van der Waals surface area (Å²) in [5, 5.41) is 0. The van der Waals surface area contributed by atoms with Crippen molar-refractivity contribution in [2.45, 2.75) is 6.42 Å². The number of para-hydroxylation sites is 1. The molecule has 1 aromatic rings. The van der Waals surface area contributed by atoms with Crippen molar-refractivity contribution < 1.29 is 0 Å². The third kappa shape index (κ3) is 1.47. The van der Waals surface area contributed by atoms with Crippen molar-refractivity contribution in [2.24, 2.45) is 4.99 Å². The molecule has 1 aliphatic rings. The smallest absolute Gasteiger partial charge is 0.0894 e. The highest BCUT2D eigenvalue weighted by molar-refractivity contribution is 5.79. The number of anilines is 1. The average molecular weight is 160 g/mol. The summed E-state index contributed by atoms with van der Waals surface area (Å²) < 4.78 is 0. The van der Waals surface area contributed by atoms with Gasteiger partial charge in [-0.1, -0.05) is 18.2 Å². The van der Waals surface area contributed by atoms with Crippen molar-refractivity contribution in [3.8, 4) is 0 Å². The van der Waals surface area contributed by atoms with Crippen LogP contribution in [0.3, 0.4) is 0 Å². The molecule has 0 aliphatic carbocycles. The minimum Gasteiger partial charge on any atom is -0.333 e. The normalized spacial score (nSPS) is 16.5. The fourth-order valence-electron chi connectivity index (χ4n) is 1.36. The molecule has 0 saturated heterocycles. The summed E-state index contributed by atoms with van der Waals surface area (Å²) in [6.07, 6.45) is 3.09. The van der Waals surface area contributed by atoms with E-state index in [9.17, 15) is 0 Å². The molecule has 0 spiro atoms. The second-order valence-corrected chi connectivity index (χ2v) is 2.90. The van der Waals surface area contributed by atoms with Gasteiger partial charge in [0, 0.05) is 18.8 Å². The van der Waals surface area contributed by atoms with Crippen LogP contribution < -0.4 is 4.90 Å². The van der Waals surface area contributed by atoms with Crippen molar-refractivity contribution in [3.63, 3.8) is 0 Å². The third-order valence-corrected chi connectivity index (χ3v) is 2.00. The van der Waals surface area contributed by atoms with Crippen LogP contribution in [0, 0.1) is 0 Å².